The number of H-pyrrole nitrogens is 1. The molecule has 0 radical (unpaired) electrons. The fourth-order valence-corrected chi connectivity index (χ4v) is 3.19. The smallest absolute Gasteiger partial charge is 0.244 e. The lowest BCUT2D eigenvalue weighted by Gasteiger charge is -2.14. The summed E-state index contributed by atoms with van der Waals surface area (Å²) in [6.45, 7) is 0. The monoisotopic (exact) mass is 415 g/mol. The van der Waals surface area contributed by atoms with E-state index in [0.29, 0.717) is 10.8 Å². The molecule has 148 valence electrons. The minimum atomic E-state index is -0.498. The lowest BCUT2D eigenvalue weighted by atomic mass is 10.0. The van der Waals surface area contributed by atoms with Crippen LogP contribution in [0.2, 0.25) is 5.02 Å². The molecule has 1 unspecified atom stereocenters. The van der Waals surface area contributed by atoms with Gasteiger partial charge in [-0.1, -0.05) is 77.5 Å². The van der Waals surface area contributed by atoms with Crippen molar-refractivity contribution < 1.29 is 4.79 Å². The van der Waals surface area contributed by atoms with Crippen LogP contribution in [0.3, 0.4) is 0 Å². The summed E-state index contributed by atoms with van der Waals surface area (Å²) >= 11 is 5.97. The topological polar surface area (TPSA) is 83.6 Å². The molecule has 0 aliphatic rings. The Labute approximate surface area is 178 Å². The molecule has 0 fully saturated rings. The quantitative estimate of drug-likeness (QED) is 0.456. The lowest BCUT2D eigenvalue weighted by Crippen LogP contribution is -2.28. The largest absolute Gasteiger partial charge is 0.338 e. The van der Waals surface area contributed by atoms with Crippen LogP contribution in [0.1, 0.15) is 23.0 Å². The second-order valence-electron chi connectivity index (χ2n) is 6.59. The molecule has 4 rings (SSSR count). The SMILES string of the molecule is O=C(/C=C/c1cccc(-c2ccc(Cl)cc2)c1)NC(c1ccccc1)c1nn[nH]n1. The lowest BCUT2D eigenvalue weighted by molar-refractivity contribution is -0.117. The number of hydrogen-bond donors (Lipinski definition) is 2. The normalized spacial score (nSPS) is 12.0. The van der Waals surface area contributed by atoms with Gasteiger partial charge in [-0.05, 0) is 46.5 Å². The van der Waals surface area contributed by atoms with Crippen molar-refractivity contribution in [1.29, 1.82) is 0 Å². The maximum Gasteiger partial charge on any atom is 0.244 e. The van der Waals surface area contributed by atoms with Gasteiger partial charge in [-0.25, -0.2) is 0 Å². The van der Waals surface area contributed by atoms with E-state index >= 15 is 0 Å². The Balaban J connectivity index is 1.50. The molecule has 1 amide bonds. The zero-order valence-corrected chi connectivity index (χ0v) is 16.6. The van der Waals surface area contributed by atoms with Crippen molar-refractivity contribution in [3.05, 3.63) is 107 Å². The number of carbonyl (C=O) groups is 1. The minimum Gasteiger partial charge on any atom is -0.338 e. The van der Waals surface area contributed by atoms with Gasteiger partial charge >= 0.3 is 0 Å². The Morgan fingerprint density at radius 1 is 0.967 bits per heavy atom. The third-order valence-corrected chi connectivity index (χ3v) is 4.78. The first-order valence-corrected chi connectivity index (χ1v) is 9.70. The number of nitrogens with zero attached hydrogens (tertiary/aromatic N) is 3. The molecule has 2 N–H and O–H groups in total. The average molecular weight is 416 g/mol. The molecule has 0 spiro atoms. The van der Waals surface area contributed by atoms with Crippen LogP contribution in [0.15, 0.2) is 84.9 Å². The van der Waals surface area contributed by atoms with Crippen LogP contribution in [0, 0.1) is 0 Å². The van der Waals surface area contributed by atoms with Gasteiger partial charge in [-0.3, -0.25) is 4.79 Å². The van der Waals surface area contributed by atoms with Crippen molar-refractivity contribution in [3.8, 4) is 11.1 Å². The molecule has 1 heterocycles. The van der Waals surface area contributed by atoms with Crippen LogP contribution in [0.5, 0.6) is 0 Å². The van der Waals surface area contributed by atoms with Crippen molar-refractivity contribution in [1.82, 2.24) is 25.9 Å². The Bertz CT molecular complexity index is 1140. The average Bonchev–Trinajstić information content (AvgIpc) is 3.32. The molecule has 0 saturated heterocycles. The molecule has 30 heavy (non-hydrogen) atoms. The van der Waals surface area contributed by atoms with Crippen molar-refractivity contribution in [3.63, 3.8) is 0 Å². The van der Waals surface area contributed by atoms with E-state index in [1.165, 1.54) is 6.08 Å². The van der Waals surface area contributed by atoms with Gasteiger partial charge in [0.1, 0.15) is 6.04 Å². The maximum absolute atomic E-state index is 12.6. The summed E-state index contributed by atoms with van der Waals surface area (Å²) in [6, 6.07) is 24.6. The third-order valence-electron chi connectivity index (χ3n) is 4.53. The highest BCUT2D eigenvalue weighted by molar-refractivity contribution is 6.30. The fourth-order valence-electron chi connectivity index (χ4n) is 3.06. The van der Waals surface area contributed by atoms with Crippen molar-refractivity contribution >= 4 is 23.6 Å². The number of halogens is 1. The molecule has 1 atom stereocenters. The highest BCUT2D eigenvalue weighted by Crippen LogP contribution is 2.23. The summed E-state index contributed by atoms with van der Waals surface area (Å²) in [5, 5.41) is 17.7. The number of nitrogens with one attached hydrogen (secondary N) is 2. The number of aromatic amines is 1. The predicted octanol–water partition coefficient (Wildman–Crippen LogP) is 4.44. The van der Waals surface area contributed by atoms with Crippen LogP contribution in [0.4, 0.5) is 0 Å². The van der Waals surface area contributed by atoms with Gasteiger partial charge in [-0.2, -0.15) is 5.21 Å². The highest BCUT2D eigenvalue weighted by atomic mass is 35.5. The van der Waals surface area contributed by atoms with E-state index < -0.39 is 6.04 Å². The Morgan fingerprint density at radius 3 is 2.50 bits per heavy atom. The van der Waals surface area contributed by atoms with Crippen molar-refractivity contribution in [2.75, 3.05) is 0 Å². The van der Waals surface area contributed by atoms with E-state index in [4.69, 9.17) is 11.6 Å². The van der Waals surface area contributed by atoms with E-state index in [2.05, 4.69) is 25.9 Å². The molecule has 1 aromatic heterocycles. The molecule has 0 bridgehead atoms. The van der Waals surface area contributed by atoms with Crippen molar-refractivity contribution in [2.24, 2.45) is 0 Å². The molecular formula is C23H18ClN5O. The van der Waals surface area contributed by atoms with Gasteiger partial charge in [-0.15, -0.1) is 10.2 Å². The van der Waals surface area contributed by atoms with Gasteiger partial charge in [0.25, 0.3) is 0 Å². The van der Waals surface area contributed by atoms with Crippen LogP contribution in [-0.4, -0.2) is 26.5 Å². The summed E-state index contributed by atoms with van der Waals surface area (Å²) in [5.74, 6) is 0.137. The second-order valence-corrected chi connectivity index (χ2v) is 7.02. The second kappa shape index (κ2) is 9.15. The van der Waals surface area contributed by atoms with Gasteiger partial charge in [0.05, 0.1) is 0 Å². The first-order chi connectivity index (χ1) is 14.7. The summed E-state index contributed by atoms with van der Waals surface area (Å²) < 4.78 is 0. The van der Waals surface area contributed by atoms with Crippen LogP contribution >= 0.6 is 11.6 Å². The van der Waals surface area contributed by atoms with E-state index in [1.54, 1.807) is 6.08 Å². The predicted molar refractivity (Wildman–Crippen MR) is 117 cm³/mol. The van der Waals surface area contributed by atoms with Gasteiger partial charge < -0.3 is 5.32 Å². The number of amides is 1. The Hall–Kier alpha value is -3.77. The molecule has 0 aliphatic heterocycles. The van der Waals surface area contributed by atoms with E-state index in [9.17, 15) is 4.79 Å². The zero-order chi connectivity index (χ0) is 20.8. The molecule has 3 aromatic carbocycles. The van der Waals surface area contributed by atoms with E-state index in [0.717, 1.165) is 22.3 Å². The number of benzene rings is 3. The van der Waals surface area contributed by atoms with Gasteiger partial charge in [0.15, 0.2) is 0 Å². The molecule has 0 aliphatic carbocycles. The highest BCUT2D eigenvalue weighted by Gasteiger charge is 2.19. The van der Waals surface area contributed by atoms with Crippen LogP contribution < -0.4 is 5.32 Å². The number of aromatic nitrogens is 4. The van der Waals surface area contributed by atoms with Crippen molar-refractivity contribution in [2.45, 2.75) is 6.04 Å². The summed E-state index contributed by atoms with van der Waals surface area (Å²) in [5.41, 5.74) is 3.88. The molecule has 7 heteroatoms. The number of rotatable bonds is 6. The zero-order valence-electron chi connectivity index (χ0n) is 15.9. The number of hydrogen-bond acceptors (Lipinski definition) is 4. The molecule has 0 saturated carbocycles. The number of tetrazole rings is 1. The summed E-state index contributed by atoms with van der Waals surface area (Å²) in [6.07, 6.45) is 3.27. The van der Waals surface area contributed by atoms with Crippen LogP contribution in [0.25, 0.3) is 17.2 Å². The first-order valence-electron chi connectivity index (χ1n) is 9.32. The Morgan fingerprint density at radius 2 is 1.77 bits per heavy atom. The summed E-state index contributed by atoms with van der Waals surface area (Å²) in [4.78, 5) is 12.6. The first kappa shape index (κ1) is 19.5. The molecule has 6 nitrogen and oxygen atoms in total. The van der Waals surface area contributed by atoms with Gasteiger partial charge in [0, 0.05) is 11.1 Å². The molecule has 4 aromatic rings. The van der Waals surface area contributed by atoms with Crippen LogP contribution in [-0.2, 0) is 4.79 Å². The van der Waals surface area contributed by atoms with E-state index in [1.807, 2.05) is 78.9 Å². The summed E-state index contributed by atoms with van der Waals surface area (Å²) in [7, 11) is 0. The molecular weight excluding hydrogens is 398 g/mol. The number of carbonyl (C=O) groups excluding carboxylic acids is 1. The maximum atomic E-state index is 12.6. The fraction of sp³-hybridized carbons (Fsp3) is 0.0435. The van der Waals surface area contributed by atoms with E-state index in [-0.39, 0.29) is 5.91 Å². The third kappa shape index (κ3) is 4.79. The standard InChI is InChI=1S/C23H18ClN5O/c24-20-12-10-17(11-13-20)19-8-4-5-16(15-19)9-14-21(30)25-22(23-26-28-29-27-23)18-6-2-1-3-7-18/h1-15,22H,(H,25,30)(H,26,27,28,29)/b14-9+. The Kier molecular flexibility index (Phi) is 5.96. The van der Waals surface area contributed by atoms with Gasteiger partial charge in [0.2, 0.25) is 11.7 Å². The minimum absolute atomic E-state index is 0.259.